The molecule has 7 heteroatoms. The largest absolute Gasteiger partial charge is 0.478 e. The number of nitrogens with one attached hydrogen (secondary N) is 1. The summed E-state index contributed by atoms with van der Waals surface area (Å²) in [5.74, 6) is 0.0613. The van der Waals surface area contributed by atoms with Crippen LogP contribution in [-0.4, -0.2) is 27.5 Å². The number of hydrogen-bond acceptors (Lipinski definition) is 5. The predicted octanol–water partition coefficient (Wildman–Crippen LogP) is 2.93. The Kier molecular flexibility index (Phi) is 4.72. The highest BCUT2D eigenvalue weighted by Gasteiger charge is 2.23. The molecule has 0 amide bonds. The zero-order valence-electron chi connectivity index (χ0n) is 11.9. The van der Waals surface area contributed by atoms with E-state index in [0.717, 1.165) is 18.7 Å². The fourth-order valence-electron chi connectivity index (χ4n) is 2.78. The van der Waals surface area contributed by atoms with Gasteiger partial charge in [0.05, 0.1) is 4.92 Å². The third kappa shape index (κ3) is 3.68. The maximum absolute atomic E-state index is 11.2. The first-order valence-corrected chi connectivity index (χ1v) is 7.10. The SMILES string of the molecule is CC1CCCCC1CNc1ncc([N+](=O)[O-])cc1C(=O)O. The lowest BCUT2D eigenvalue weighted by molar-refractivity contribution is -0.385. The molecule has 1 saturated carbocycles. The topological polar surface area (TPSA) is 105 Å². The number of nitro groups is 1. The van der Waals surface area contributed by atoms with E-state index >= 15 is 0 Å². The molecule has 0 aliphatic heterocycles. The van der Waals surface area contributed by atoms with Crippen LogP contribution in [0.2, 0.25) is 0 Å². The minimum atomic E-state index is -1.22. The number of carboxylic acids is 1. The van der Waals surface area contributed by atoms with Crippen LogP contribution in [0.4, 0.5) is 11.5 Å². The molecule has 1 heterocycles. The van der Waals surface area contributed by atoms with E-state index in [0.29, 0.717) is 18.4 Å². The van der Waals surface area contributed by atoms with Gasteiger partial charge in [-0.25, -0.2) is 9.78 Å². The van der Waals surface area contributed by atoms with Crippen molar-refractivity contribution >= 4 is 17.5 Å². The summed E-state index contributed by atoms with van der Waals surface area (Å²) >= 11 is 0. The number of anilines is 1. The standard InChI is InChI=1S/C14H19N3O4/c1-9-4-2-3-5-10(9)7-15-13-12(14(18)19)6-11(8-16-13)17(20)21/h6,8-10H,2-5,7H2,1H3,(H,15,16)(H,18,19). The zero-order valence-corrected chi connectivity index (χ0v) is 11.9. The number of carboxylic acid groups (broad SMARTS) is 1. The molecule has 2 rings (SSSR count). The summed E-state index contributed by atoms with van der Waals surface area (Å²) in [6.45, 7) is 2.85. The van der Waals surface area contributed by atoms with Crippen LogP contribution in [0.25, 0.3) is 0 Å². The van der Waals surface area contributed by atoms with Crippen molar-refractivity contribution in [3.05, 3.63) is 27.9 Å². The van der Waals surface area contributed by atoms with Crippen LogP contribution in [0.5, 0.6) is 0 Å². The highest BCUT2D eigenvalue weighted by Crippen LogP contribution is 2.30. The fourth-order valence-corrected chi connectivity index (χ4v) is 2.78. The summed E-state index contributed by atoms with van der Waals surface area (Å²) in [7, 11) is 0. The van der Waals surface area contributed by atoms with Crippen molar-refractivity contribution in [2.45, 2.75) is 32.6 Å². The lowest BCUT2D eigenvalue weighted by Crippen LogP contribution is -2.25. The van der Waals surface area contributed by atoms with Gasteiger partial charge in [-0.05, 0) is 18.3 Å². The first kappa shape index (κ1) is 15.2. The minimum Gasteiger partial charge on any atom is -0.478 e. The summed E-state index contributed by atoms with van der Waals surface area (Å²) in [5.41, 5.74) is -0.475. The molecule has 2 N–H and O–H groups in total. The molecule has 21 heavy (non-hydrogen) atoms. The Labute approximate surface area is 122 Å². The van der Waals surface area contributed by atoms with E-state index in [-0.39, 0.29) is 17.1 Å². The van der Waals surface area contributed by atoms with E-state index < -0.39 is 10.9 Å². The molecule has 1 aliphatic rings. The van der Waals surface area contributed by atoms with Crippen molar-refractivity contribution in [2.24, 2.45) is 11.8 Å². The Morgan fingerprint density at radius 2 is 2.24 bits per heavy atom. The Balaban J connectivity index is 2.11. The van der Waals surface area contributed by atoms with Crippen LogP contribution in [0.15, 0.2) is 12.3 Å². The van der Waals surface area contributed by atoms with Gasteiger partial charge in [0.25, 0.3) is 5.69 Å². The fraction of sp³-hybridized carbons (Fsp3) is 0.571. The van der Waals surface area contributed by atoms with E-state index in [9.17, 15) is 14.9 Å². The van der Waals surface area contributed by atoms with Crippen molar-refractivity contribution < 1.29 is 14.8 Å². The highest BCUT2D eigenvalue weighted by molar-refractivity contribution is 5.93. The molecule has 114 valence electrons. The molecule has 2 unspecified atom stereocenters. The van der Waals surface area contributed by atoms with Crippen molar-refractivity contribution in [3.8, 4) is 0 Å². The molecular weight excluding hydrogens is 274 g/mol. The van der Waals surface area contributed by atoms with Gasteiger partial charge < -0.3 is 10.4 Å². The number of pyridine rings is 1. The van der Waals surface area contributed by atoms with Gasteiger partial charge >= 0.3 is 5.97 Å². The third-order valence-corrected chi connectivity index (χ3v) is 4.14. The second kappa shape index (κ2) is 6.51. The summed E-state index contributed by atoms with van der Waals surface area (Å²) in [4.78, 5) is 25.1. The van der Waals surface area contributed by atoms with Crippen LogP contribution in [0, 0.1) is 22.0 Å². The van der Waals surface area contributed by atoms with Gasteiger partial charge in [0.2, 0.25) is 0 Å². The van der Waals surface area contributed by atoms with Gasteiger partial charge in [0.15, 0.2) is 0 Å². The molecule has 1 fully saturated rings. The maximum Gasteiger partial charge on any atom is 0.339 e. The van der Waals surface area contributed by atoms with Gasteiger partial charge in [-0.15, -0.1) is 0 Å². The number of rotatable bonds is 5. The molecule has 0 spiro atoms. The van der Waals surface area contributed by atoms with Crippen LogP contribution < -0.4 is 5.32 Å². The molecule has 7 nitrogen and oxygen atoms in total. The molecule has 0 bridgehead atoms. The van der Waals surface area contributed by atoms with E-state index in [1.54, 1.807) is 0 Å². The average molecular weight is 293 g/mol. The molecule has 1 aliphatic carbocycles. The second-order valence-corrected chi connectivity index (χ2v) is 5.55. The van der Waals surface area contributed by atoms with Gasteiger partial charge in [-0.2, -0.15) is 0 Å². The molecule has 2 atom stereocenters. The van der Waals surface area contributed by atoms with E-state index in [2.05, 4.69) is 17.2 Å². The Hall–Kier alpha value is -2.18. The second-order valence-electron chi connectivity index (χ2n) is 5.55. The van der Waals surface area contributed by atoms with Crippen LogP contribution >= 0.6 is 0 Å². The summed E-state index contributed by atoms with van der Waals surface area (Å²) in [6.07, 6.45) is 5.82. The summed E-state index contributed by atoms with van der Waals surface area (Å²) in [5, 5.41) is 22.9. The highest BCUT2D eigenvalue weighted by atomic mass is 16.6. The average Bonchev–Trinajstić information content (AvgIpc) is 2.46. The smallest absolute Gasteiger partial charge is 0.339 e. The van der Waals surface area contributed by atoms with Gasteiger partial charge in [0.1, 0.15) is 17.6 Å². The number of aromatic nitrogens is 1. The molecule has 0 saturated heterocycles. The van der Waals surface area contributed by atoms with Crippen molar-refractivity contribution in [3.63, 3.8) is 0 Å². The monoisotopic (exact) mass is 293 g/mol. The summed E-state index contributed by atoms with van der Waals surface area (Å²) in [6, 6.07) is 1.04. The molecule has 0 radical (unpaired) electrons. The predicted molar refractivity (Wildman–Crippen MR) is 77.5 cm³/mol. The molecule has 1 aromatic heterocycles. The Bertz CT molecular complexity index is 547. The van der Waals surface area contributed by atoms with Gasteiger partial charge in [-0.3, -0.25) is 10.1 Å². The molecule has 0 aromatic carbocycles. The van der Waals surface area contributed by atoms with Crippen LogP contribution in [-0.2, 0) is 0 Å². The Morgan fingerprint density at radius 3 is 2.86 bits per heavy atom. The van der Waals surface area contributed by atoms with E-state index in [1.807, 2.05) is 0 Å². The normalized spacial score (nSPS) is 21.8. The van der Waals surface area contributed by atoms with E-state index in [4.69, 9.17) is 5.11 Å². The molecule has 1 aromatic rings. The first-order chi connectivity index (χ1) is 9.99. The molecular formula is C14H19N3O4. The number of aromatic carboxylic acids is 1. The lowest BCUT2D eigenvalue weighted by Gasteiger charge is -2.29. The quantitative estimate of drug-likeness (QED) is 0.638. The summed E-state index contributed by atoms with van der Waals surface area (Å²) < 4.78 is 0. The first-order valence-electron chi connectivity index (χ1n) is 7.10. The number of carbonyl (C=O) groups is 1. The number of nitrogens with zero attached hydrogens (tertiary/aromatic N) is 2. The van der Waals surface area contributed by atoms with Crippen molar-refractivity contribution in [1.29, 1.82) is 0 Å². The maximum atomic E-state index is 11.2. The third-order valence-electron chi connectivity index (χ3n) is 4.14. The minimum absolute atomic E-state index is 0.160. The van der Waals surface area contributed by atoms with Gasteiger partial charge in [-0.1, -0.05) is 26.2 Å². The number of hydrogen-bond donors (Lipinski definition) is 2. The van der Waals surface area contributed by atoms with Crippen molar-refractivity contribution in [2.75, 3.05) is 11.9 Å². The lowest BCUT2D eigenvalue weighted by atomic mass is 9.80. The van der Waals surface area contributed by atoms with Crippen LogP contribution in [0.1, 0.15) is 43.0 Å². The van der Waals surface area contributed by atoms with Crippen molar-refractivity contribution in [1.82, 2.24) is 4.98 Å². The zero-order chi connectivity index (χ0) is 15.4. The Morgan fingerprint density at radius 1 is 1.52 bits per heavy atom. The van der Waals surface area contributed by atoms with E-state index in [1.165, 1.54) is 19.3 Å². The van der Waals surface area contributed by atoms with Crippen LogP contribution in [0.3, 0.4) is 0 Å². The van der Waals surface area contributed by atoms with Gasteiger partial charge in [0, 0.05) is 12.6 Å².